The highest BCUT2D eigenvalue weighted by Crippen LogP contribution is 2.60. The van der Waals surface area contributed by atoms with Crippen LogP contribution in [0, 0.1) is 0 Å². The summed E-state index contributed by atoms with van der Waals surface area (Å²) in [6, 6.07) is 72.4. The molecular formula is C73H59NO2. The van der Waals surface area contributed by atoms with E-state index >= 15 is 0 Å². The van der Waals surface area contributed by atoms with Gasteiger partial charge in [-0.15, -0.1) is 0 Å². The second kappa shape index (κ2) is 15.4. The molecule has 3 aliphatic rings. The van der Waals surface area contributed by atoms with Gasteiger partial charge < -0.3 is 13.7 Å². The van der Waals surface area contributed by atoms with Crippen LogP contribution in [0.2, 0.25) is 0 Å². The molecule has 0 aliphatic heterocycles. The minimum absolute atomic E-state index is 0.0212. The Morgan fingerprint density at radius 1 is 0.342 bits per heavy atom. The van der Waals surface area contributed by atoms with E-state index < -0.39 is 0 Å². The molecule has 0 radical (unpaired) electrons. The minimum atomic E-state index is -0.323. The number of rotatable bonds is 5. The molecule has 2 heterocycles. The number of nitrogens with zero attached hydrogens (tertiary/aromatic N) is 1. The molecule has 0 saturated heterocycles. The molecule has 12 aromatic rings. The first-order chi connectivity index (χ1) is 36.6. The Hall–Kier alpha value is -8.40. The zero-order chi connectivity index (χ0) is 51.8. The molecule has 76 heavy (non-hydrogen) atoms. The van der Waals surface area contributed by atoms with Crippen LogP contribution >= 0.6 is 0 Å². The van der Waals surface area contributed by atoms with Crippen LogP contribution in [0.3, 0.4) is 0 Å². The molecule has 3 heteroatoms. The number of para-hydroxylation sites is 2. The first kappa shape index (κ1) is 45.0. The smallest absolute Gasteiger partial charge is 0.143 e. The van der Waals surface area contributed by atoms with Gasteiger partial charge in [-0.1, -0.05) is 184 Å². The van der Waals surface area contributed by atoms with Gasteiger partial charge in [0.2, 0.25) is 0 Å². The van der Waals surface area contributed by atoms with Gasteiger partial charge in [-0.3, -0.25) is 0 Å². The molecule has 0 spiro atoms. The Balaban J connectivity index is 0.880. The summed E-state index contributed by atoms with van der Waals surface area (Å²) in [7, 11) is 0. The number of hydrogen-bond donors (Lipinski definition) is 0. The van der Waals surface area contributed by atoms with E-state index in [2.05, 4.69) is 261 Å². The van der Waals surface area contributed by atoms with Crippen molar-refractivity contribution in [3.63, 3.8) is 0 Å². The molecule has 0 amide bonds. The van der Waals surface area contributed by atoms with Crippen molar-refractivity contribution in [1.82, 2.24) is 0 Å². The second-order valence-electron chi connectivity index (χ2n) is 24.5. The van der Waals surface area contributed by atoms with Crippen LogP contribution in [-0.4, -0.2) is 0 Å². The van der Waals surface area contributed by atoms with Crippen LogP contribution in [0.25, 0.3) is 99.5 Å². The van der Waals surface area contributed by atoms with Crippen molar-refractivity contribution in [1.29, 1.82) is 0 Å². The van der Waals surface area contributed by atoms with Crippen LogP contribution in [0.1, 0.15) is 101 Å². The molecule has 3 aliphatic carbocycles. The summed E-state index contributed by atoms with van der Waals surface area (Å²) in [6.45, 7) is 21.3. The average molecular weight is 982 g/mol. The molecular weight excluding hydrogens is 923 g/mol. The van der Waals surface area contributed by atoms with Crippen LogP contribution in [0.5, 0.6) is 0 Å². The van der Waals surface area contributed by atoms with Gasteiger partial charge in [-0.05, 0) is 167 Å². The highest BCUT2D eigenvalue weighted by molar-refractivity contribution is 6.19. The quantitative estimate of drug-likeness (QED) is 0.172. The van der Waals surface area contributed by atoms with Gasteiger partial charge in [0.1, 0.15) is 22.3 Å². The number of hydrogen-bond acceptors (Lipinski definition) is 3. The Morgan fingerprint density at radius 3 is 1.54 bits per heavy atom. The third-order valence-electron chi connectivity index (χ3n) is 18.0. The third-order valence-corrected chi connectivity index (χ3v) is 18.0. The van der Waals surface area contributed by atoms with Crippen molar-refractivity contribution >= 4 is 60.9 Å². The first-order valence-corrected chi connectivity index (χ1v) is 27.1. The summed E-state index contributed by atoms with van der Waals surface area (Å²) >= 11 is 0. The number of benzene rings is 10. The van der Waals surface area contributed by atoms with Gasteiger partial charge in [0, 0.05) is 60.4 Å². The van der Waals surface area contributed by atoms with E-state index in [9.17, 15) is 0 Å². The number of furan rings is 2. The molecule has 2 aromatic heterocycles. The summed E-state index contributed by atoms with van der Waals surface area (Å²) < 4.78 is 13.4. The van der Waals surface area contributed by atoms with Gasteiger partial charge >= 0.3 is 0 Å². The monoisotopic (exact) mass is 981 g/mol. The van der Waals surface area contributed by atoms with E-state index in [4.69, 9.17) is 8.83 Å². The topological polar surface area (TPSA) is 29.5 Å². The average Bonchev–Trinajstić information content (AvgIpc) is 4.17. The highest BCUT2D eigenvalue weighted by atomic mass is 16.3. The Labute approximate surface area is 445 Å². The highest BCUT2D eigenvalue weighted by Gasteiger charge is 2.44. The van der Waals surface area contributed by atoms with Crippen molar-refractivity contribution < 1.29 is 8.83 Å². The maximum absolute atomic E-state index is 6.91. The lowest BCUT2D eigenvalue weighted by Gasteiger charge is -2.30. The normalized spacial score (nSPS) is 15.2. The molecule has 0 saturated carbocycles. The van der Waals surface area contributed by atoms with E-state index in [1.54, 1.807) is 0 Å². The molecule has 15 rings (SSSR count). The maximum Gasteiger partial charge on any atom is 0.143 e. The van der Waals surface area contributed by atoms with Crippen LogP contribution < -0.4 is 4.90 Å². The molecule has 0 unspecified atom stereocenters. The number of anilines is 3. The van der Waals surface area contributed by atoms with Crippen molar-refractivity contribution in [2.24, 2.45) is 0 Å². The van der Waals surface area contributed by atoms with Gasteiger partial charge in [0.25, 0.3) is 0 Å². The fourth-order valence-electron chi connectivity index (χ4n) is 13.9. The van der Waals surface area contributed by atoms with Gasteiger partial charge in [0.15, 0.2) is 0 Å². The molecule has 3 nitrogen and oxygen atoms in total. The molecule has 10 aromatic carbocycles. The van der Waals surface area contributed by atoms with E-state index in [0.29, 0.717) is 0 Å². The van der Waals surface area contributed by atoms with Crippen molar-refractivity contribution in [3.05, 3.63) is 233 Å². The lowest BCUT2D eigenvalue weighted by Crippen LogP contribution is -2.18. The fraction of sp³-hybridized carbons (Fsp3) is 0.178. The zero-order valence-corrected chi connectivity index (χ0v) is 44.7. The Morgan fingerprint density at radius 2 is 0.842 bits per heavy atom. The van der Waals surface area contributed by atoms with Crippen molar-refractivity contribution in [2.45, 2.75) is 84.0 Å². The Kier molecular flexibility index (Phi) is 9.10. The fourth-order valence-corrected chi connectivity index (χ4v) is 13.9. The molecule has 0 fully saturated rings. The van der Waals surface area contributed by atoms with Crippen LogP contribution in [-0.2, 0) is 21.7 Å². The number of fused-ring (bicyclic) bond motifs is 17. The van der Waals surface area contributed by atoms with Gasteiger partial charge in [-0.2, -0.15) is 0 Å². The predicted molar refractivity (Wildman–Crippen MR) is 318 cm³/mol. The minimum Gasteiger partial charge on any atom is -0.456 e. The first-order valence-electron chi connectivity index (χ1n) is 27.1. The van der Waals surface area contributed by atoms with Crippen LogP contribution in [0.15, 0.2) is 203 Å². The maximum atomic E-state index is 6.91. The van der Waals surface area contributed by atoms with Crippen molar-refractivity contribution in [3.8, 4) is 55.6 Å². The van der Waals surface area contributed by atoms with Gasteiger partial charge in [-0.25, -0.2) is 0 Å². The molecule has 368 valence electrons. The standard InChI is InChI=1S/C73H59NO2/c1-70(2,3)45-27-29-46(30-28-45)74(47-31-33-49-54-40-60-55(41-59(54)72(6,7)57(49)37-47)66-56(71(60,4)5)35-36-64-67(66)51-19-13-15-21-62(51)75-64)48-32-34-50-58(38-48)73(8,9)61-39-53(44-25-23-43(24-26-44)42-17-11-10-12-18-42)69-68(65(50)61)52-20-14-16-22-63(52)76-69/h10-41H,1-9H3. The lowest BCUT2D eigenvalue weighted by atomic mass is 9.79. The summed E-state index contributed by atoms with van der Waals surface area (Å²) in [6.07, 6.45) is 0. The van der Waals surface area contributed by atoms with Crippen molar-refractivity contribution in [2.75, 3.05) is 4.90 Å². The summed E-state index contributed by atoms with van der Waals surface area (Å²) in [5, 5.41) is 4.73. The van der Waals surface area contributed by atoms with E-state index in [1.165, 1.54) is 99.6 Å². The summed E-state index contributed by atoms with van der Waals surface area (Å²) in [5.41, 5.74) is 28.3. The lowest BCUT2D eigenvalue weighted by molar-refractivity contribution is 0.590. The van der Waals surface area contributed by atoms with E-state index in [-0.39, 0.29) is 21.7 Å². The third kappa shape index (κ3) is 6.17. The van der Waals surface area contributed by atoms with Crippen LogP contribution in [0.4, 0.5) is 17.1 Å². The Bertz CT molecular complexity index is 4440. The largest absolute Gasteiger partial charge is 0.456 e. The second-order valence-corrected chi connectivity index (χ2v) is 24.5. The SMILES string of the molecule is CC(C)(C)c1ccc(N(c2ccc3c(c2)C(C)(C)c2cc4c(cc2-3)C(C)(C)c2ccc3oc5ccccc5c3c2-4)c2ccc3c(c2)C(C)(C)c2cc(-c4ccc(-c5ccccc5)cc4)c4oc5ccccc5c4c2-3)cc1. The molecule has 0 bridgehead atoms. The van der Waals surface area contributed by atoms with E-state index in [1.807, 2.05) is 0 Å². The van der Waals surface area contributed by atoms with Gasteiger partial charge in [0.05, 0.1) is 0 Å². The molecule has 0 atom stereocenters. The summed E-state index contributed by atoms with van der Waals surface area (Å²) in [5.74, 6) is 0. The van der Waals surface area contributed by atoms with E-state index in [0.717, 1.165) is 55.9 Å². The summed E-state index contributed by atoms with van der Waals surface area (Å²) in [4.78, 5) is 2.49. The molecule has 0 N–H and O–H groups in total. The predicted octanol–water partition coefficient (Wildman–Crippen LogP) is 20.5. The zero-order valence-electron chi connectivity index (χ0n) is 44.7.